The highest BCUT2D eigenvalue weighted by Gasteiger charge is 2.11. The molecule has 2 N–H and O–H groups in total. The Kier molecular flexibility index (Phi) is 4.92. The van der Waals surface area contributed by atoms with Crippen LogP contribution in [-0.4, -0.2) is 27.3 Å². The lowest BCUT2D eigenvalue weighted by molar-refractivity contribution is -0.121. The number of aryl methyl sites for hydroxylation is 3. The largest absolute Gasteiger partial charge is 0.387 e. The Balaban J connectivity index is 1.74. The predicted molar refractivity (Wildman–Crippen MR) is 78.6 cm³/mol. The topological polar surface area (TPSA) is 67.2 Å². The molecule has 0 aliphatic rings. The first-order valence-corrected chi connectivity index (χ1v) is 7.46. The van der Waals surface area contributed by atoms with Gasteiger partial charge < -0.3 is 10.4 Å². The highest BCUT2D eigenvalue weighted by molar-refractivity contribution is 7.07. The molecule has 2 rings (SSSR count). The average molecular weight is 293 g/mol. The molecule has 108 valence electrons. The van der Waals surface area contributed by atoms with E-state index in [9.17, 15) is 9.90 Å². The Morgan fingerprint density at radius 1 is 1.60 bits per heavy atom. The number of aliphatic hydroxyl groups excluding tert-OH is 1. The van der Waals surface area contributed by atoms with Crippen LogP contribution in [0, 0.1) is 6.92 Å². The van der Waals surface area contributed by atoms with Crippen molar-refractivity contribution in [1.82, 2.24) is 15.1 Å². The summed E-state index contributed by atoms with van der Waals surface area (Å²) in [5.74, 6) is -0.0532. The summed E-state index contributed by atoms with van der Waals surface area (Å²) in [7, 11) is 1.87. The fourth-order valence-corrected chi connectivity index (χ4v) is 2.73. The Morgan fingerprint density at radius 2 is 2.40 bits per heavy atom. The molecule has 0 saturated heterocycles. The van der Waals surface area contributed by atoms with Gasteiger partial charge in [-0.25, -0.2) is 0 Å². The van der Waals surface area contributed by atoms with Crippen LogP contribution in [0.1, 0.15) is 29.3 Å². The smallest absolute Gasteiger partial charge is 0.220 e. The summed E-state index contributed by atoms with van der Waals surface area (Å²) >= 11 is 1.53. The molecule has 0 radical (unpaired) electrons. The Labute approximate surface area is 122 Å². The normalized spacial score (nSPS) is 12.3. The minimum atomic E-state index is -0.634. The van der Waals surface area contributed by atoms with Gasteiger partial charge in [0.1, 0.15) is 0 Å². The van der Waals surface area contributed by atoms with Crippen molar-refractivity contribution in [2.24, 2.45) is 7.05 Å². The number of aliphatic hydroxyl groups is 1. The molecule has 6 heteroatoms. The van der Waals surface area contributed by atoms with E-state index in [0.717, 1.165) is 16.8 Å². The molecule has 0 saturated carbocycles. The molecule has 0 aromatic carbocycles. The van der Waals surface area contributed by atoms with E-state index in [-0.39, 0.29) is 12.5 Å². The number of hydrogen-bond donors (Lipinski definition) is 2. The Hall–Kier alpha value is -1.66. The van der Waals surface area contributed by atoms with Gasteiger partial charge in [-0.05, 0) is 41.3 Å². The summed E-state index contributed by atoms with van der Waals surface area (Å²) in [6.45, 7) is 2.19. The van der Waals surface area contributed by atoms with E-state index in [1.165, 1.54) is 11.3 Å². The highest BCUT2D eigenvalue weighted by atomic mass is 32.1. The summed E-state index contributed by atoms with van der Waals surface area (Å²) in [5.41, 5.74) is 2.89. The summed E-state index contributed by atoms with van der Waals surface area (Å²) in [4.78, 5) is 11.8. The number of hydrogen-bond acceptors (Lipinski definition) is 4. The molecular formula is C14H19N3O2S. The van der Waals surface area contributed by atoms with Crippen molar-refractivity contribution < 1.29 is 9.90 Å². The molecule has 1 atom stereocenters. The quantitative estimate of drug-likeness (QED) is 0.849. The molecule has 1 unspecified atom stereocenters. The van der Waals surface area contributed by atoms with Gasteiger partial charge in [-0.3, -0.25) is 9.48 Å². The van der Waals surface area contributed by atoms with Gasteiger partial charge in [-0.1, -0.05) is 0 Å². The first-order valence-electron chi connectivity index (χ1n) is 6.52. The molecule has 2 aromatic heterocycles. The SMILES string of the molecule is Cc1nn(C)cc1CCC(=O)NCC(O)c1ccsc1. The van der Waals surface area contributed by atoms with Crippen molar-refractivity contribution in [2.45, 2.75) is 25.9 Å². The third kappa shape index (κ3) is 3.91. The Morgan fingerprint density at radius 3 is 3.00 bits per heavy atom. The molecule has 0 bridgehead atoms. The molecule has 20 heavy (non-hydrogen) atoms. The van der Waals surface area contributed by atoms with Crippen LogP contribution in [0.4, 0.5) is 0 Å². The van der Waals surface area contributed by atoms with Gasteiger partial charge >= 0.3 is 0 Å². The average Bonchev–Trinajstić information content (AvgIpc) is 3.03. The fourth-order valence-electron chi connectivity index (χ4n) is 2.02. The maximum absolute atomic E-state index is 11.8. The number of carbonyl (C=O) groups excluding carboxylic acids is 1. The van der Waals surface area contributed by atoms with Crippen molar-refractivity contribution in [3.05, 3.63) is 39.8 Å². The number of aromatic nitrogens is 2. The van der Waals surface area contributed by atoms with E-state index in [2.05, 4.69) is 10.4 Å². The first-order chi connectivity index (χ1) is 9.56. The number of amides is 1. The Bertz CT molecular complexity index is 563. The molecule has 0 aliphatic heterocycles. The summed E-state index contributed by atoms with van der Waals surface area (Å²) in [6.07, 6.45) is 2.37. The second-order valence-electron chi connectivity index (χ2n) is 4.79. The van der Waals surface area contributed by atoms with Crippen LogP contribution in [0.2, 0.25) is 0 Å². The van der Waals surface area contributed by atoms with Gasteiger partial charge in [0, 0.05) is 26.2 Å². The molecule has 1 amide bonds. The van der Waals surface area contributed by atoms with E-state index in [4.69, 9.17) is 0 Å². The molecule has 2 aromatic rings. The predicted octanol–water partition coefficient (Wildman–Crippen LogP) is 1.57. The third-order valence-electron chi connectivity index (χ3n) is 3.16. The minimum absolute atomic E-state index is 0.0532. The lowest BCUT2D eigenvalue weighted by Gasteiger charge is -2.10. The molecule has 2 heterocycles. The molecule has 0 aliphatic carbocycles. The molecule has 0 fully saturated rings. The maximum atomic E-state index is 11.8. The number of nitrogens with zero attached hydrogens (tertiary/aromatic N) is 2. The molecule has 5 nitrogen and oxygen atoms in total. The van der Waals surface area contributed by atoms with Crippen molar-refractivity contribution in [1.29, 1.82) is 0 Å². The van der Waals surface area contributed by atoms with Crippen LogP contribution >= 0.6 is 11.3 Å². The highest BCUT2D eigenvalue weighted by Crippen LogP contribution is 2.15. The molecular weight excluding hydrogens is 274 g/mol. The summed E-state index contributed by atoms with van der Waals surface area (Å²) in [5, 5.41) is 20.7. The van der Waals surface area contributed by atoms with E-state index >= 15 is 0 Å². The van der Waals surface area contributed by atoms with Crippen molar-refractivity contribution in [2.75, 3.05) is 6.54 Å². The first kappa shape index (κ1) is 14.7. The third-order valence-corrected chi connectivity index (χ3v) is 3.86. The van der Waals surface area contributed by atoms with Crippen LogP contribution in [0.3, 0.4) is 0 Å². The number of rotatable bonds is 6. The van der Waals surface area contributed by atoms with E-state index < -0.39 is 6.10 Å². The minimum Gasteiger partial charge on any atom is -0.387 e. The van der Waals surface area contributed by atoms with Crippen LogP contribution in [0.25, 0.3) is 0 Å². The second-order valence-corrected chi connectivity index (χ2v) is 5.57. The van der Waals surface area contributed by atoms with Gasteiger partial charge in [0.05, 0.1) is 11.8 Å². The number of thiophene rings is 1. The van der Waals surface area contributed by atoms with Crippen molar-refractivity contribution >= 4 is 17.2 Å². The van der Waals surface area contributed by atoms with Crippen molar-refractivity contribution in [3.8, 4) is 0 Å². The standard InChI is InChI=1S/C14H19N3O2S/c1-10-11(8-17(2)16-10)3-4-14(19)15-7-13(18)12-5-6-20-9-12/h5-6,8-9,13,18H,3-4,7H2,1-2H3,(H,15,19). The van der Waals surface area contributed by atoms with E-state index in [0.29, 0.717) is 12.8 Å². The van der Waals surface area contributed by atoms with Gasteiger partial charge in [0.2, 0.25) is 5.91 Å². The van der Waals surface area contributed by atoms with Gasteiger partial charge in [0.25, 0.3) is 0 Å². The van der Waals surface area contributed by atoms with Crippen molar-refractivity contribution in [3.63, 3.8) is 0 Å². The van der Waals surface area contributed by atoms with Crippen LogP contribution < -0.4 is 5.32 Å². The van der Waals surface area contributed by atoms with Crippen LogP contribution in [0.15, 0.2) is 23.0 Å². The summed E-state index contributed by atoms with van der Waals surface area (Å²) in [6, 6.07) is 1.86. The maximum Gasteiger partial charge on any atom is 0.220 e. The zero-order chi connectivity index (χ0) is 14.5. The zero-order valence-corrected chi connectivity index (χ0v) is 12.5. The van der Waals surface area contributed by atoms with Gasteiger partial charge in [0.15, 0.2) is 0 Å². The van der Waals surface area contributed by atoms with Gasteiger partial charge in [-0.15, -0.1) is 0 Å². The zero-order valence-electron chi connectivity index (χ0n) is 11.7. The lowest BCUT2D eigenvalue weighted by atomic mass is 10.1. The monoisotopic (exact) mass is 293 g/mol. The van der Waals surface area contributed by atoms with Gasteiger partial charge in [-0.2, -0.15) is 16.4 Å². The van der Waals surface area contributed by atoms with Crippen LogP contribution in [0.5, 0.6) is 0 Å². The number of nitrogens with one attached hydrogen (secondary N) is 1. The molecule has 0 spiro atoms. The van der Waals surface area contributed by atoms with E-state index in [1.54, 1.807) is 4.68 Å². The van der Waals surface area contributed by atoms with Crippen LogP contribution in [-0.2, 0) is 18.3 Å². The number of carbonyl (C=O) groups is 1. The second kappa shape index (κ2) is 6.67. The van der Waals surface area contributed by atoms with E-state index in [1.807, 2.05) is 37.0 Å². The summed E-state index contributed by atoms with van der Waals surface area (Å²) < 4.78 is 1.75. The fraction of sp³-hybridized carbons (Fsp3) is 0.429. The lowest BCUT2D eigenvalue weighted by Crippen LogP contribution is -2.28.